The van der Waals surface area contributed by atoms with E-state index in [2.05, 4.69) is 16.9 Å². The number of nitrogens with zero attached hydrogens (tertiary/aromatic N) is 6. The van der Waals surface area contributed by atoms with E-state index in [1.807, 2.05) is 55.5 Å². The fourth-order valence-corrected chi connectivity index (χ4v) is 5.77. The number of rotatable bonds is 17. The average Bonchev–Trinajstić information content (AvgIpc) is 3.58. The second kappa shape index (κ2) is 18.1. The molecule has 2 atom stereocenters. The van der Waals surface area contributed by atoms with Crippen molar-refractivity contribution in [3.05, 3.63) is 101 Å². The number of fused-ring (bicyclic) bond motifs is 1. The smallest absolute Gasteiger partial charge is 0.410 e. The van der Waals surface area contributed by atoms with Crippen molar-refractivity contribution in [2.24, 2.45) is 0 Å². The third-order valence-electron chi connectivity index (χ3n) is 8.66. The van der Waals surface area contributed by atoms with Crippen LogP contribution in [0.4, 0.5) is 15.0 Å². The second-order valence-corrected chi connectivity index (χ2v) is 14.2. The minimum absolute atomic E-state index is 0.0235. The van der Waals surface area contributed by atoms with Gasteiger partial charge >= 0.3 is 12.1 Å². The Morgan fingerprint density at radius 1 is 0.964 bits per heavy atom. The van der Waals surface area contributed by atoms with Gasteiger partial charge in [-0.05, 0) is 87.2 Å². The first-order chi connectivity index (χ1) is 26.3. The number of hydrogen-bond donors (Lipinski definition) is 1. The molecule has 1 amide bonds. The maximum absolute atomic E-state index is 15.4. The summed E-state index contributed by atoms with van der Waals surface area (Å²) in [6.07, 6.45) is 1.17. The van der Waals surface area contributed by atoms with Crippen LogP contribution < -0.4 is 23.8 Å². The fraction of sp³-hybridized carbons (Fsp3) is 0.415. The Labute approximate surface area is 321 Å². The molecule has 0 aliphatic rings. The molecule has 294 valence electrons. The number of hydrogen-bond acceptors (Lipinski definition) is 11. The summed E-state index contributed by atoms with van der Waals surface area (Å²) in [6.45, 7) is 10.5. The highest BCUT2D eigenvalue weighted by Crippen LogP contribution is 2.31. The Hall–Kier alpha value is -5.63. The molecule has 0 aliphatic carbocycles. The predicted octanol–water partition coefficient (Wildman–Crippen LogP) is 7.38. The molecule has 2 aromatic heterocycles. The molecule has 13 nitrogen and oxygen atoms in total. The Balaban J connectivity index is 1.47. The summed E-state index contributed by atoms with van der Waals surface area (Å²) in [5, 5.41) is 16.4. The van der Waals surface area contributed by atoms with Gasteiger partial charge in [0.25, 0.3) is 0 Å². The van der Waals surface area contributed by atoms with Crippen molar-refractivity contribution in [1.29, 1.82) is 0 Å². The Morgan fingerprint density at radius 3 is 2.13 bits per heavy atom. The number of imidazole rings is 1. The number of anilines is 1. The third-order valence-corrected chi connectivity index (χ3v) is 8.66. The molecule has 3 aromatic carbocycles. The SMILES string of the molecule is CCC[C@H](C)Oc1nc(N(Cc2ccc(OC)cc2)Cc2ccc(OC)cc2)c2ncc(C(O)c3ccc(OCCN(C)C(=O)OC(C)(C)C)c(F)c3)n2n1. The molecule has 5 aromatic rings. The molecule has 0 aliphatic heterocycles. The molecule has 0 spiro atoms. The number of carbonyl (C=O) groups excluding carboxylic acids is 1. The van der Waals surface area contributed by atoms with Gasteiger partial charge in [0.1, 0.15) is 29.8 Å². The minimum atomic E-state index is -1.32. The third kappa shape index (κ3) is 10.7. The van der Waals surface area contributed by atoms with Crippen LogP contribution in [0.5, 0.6) is 23.3 Å². The van der Waals surface area contributed by atoms with Crippen LogP contribution in [0, 0.1) is 5.82 Å². The number of methoxy groups -OCH3 is 2. The van der Waals surface area contributed by atoms with Gasteiger partial charge in [-0.15, -0.1) is 5.10 Å². The van der Waals surface area contributed by atoms with Crippen molar-refractivity contribution < 1.29 is 38.0 Å². The molecule has 2 heterocycles. The van der Waals surface area contributed by atoms with Crippen molar-refractivity contribution in [3.8, 4) is 23.3 Å². The molecule has 1 unspecified atom stereocenters. The van der Waals surface area contributed by atoms with Gasteiger partial charge in [-0.25, -0.2) is 18.7 Å². The second-order valence-electron chi connectivity index (χ2n) is 14.2. The number of aromatic nitrogens is 4. The van der Waals surface area contributed by atoms with Gasteiger partial charge in [0, 0.05) is 20.1 Å². The van der Waals surface area contributed by atoms with Crippen LogP contribution in [-0.2, 0) is 17.8 Å². The highest BCUT2D eigenvalue weighted by atomic mass is 19.1. The largest absolute Gasteiger partial charge is 0.497 e. The Morgan fingerprint density at radius 2 is 1.58 bits per heavy atom. The molecule has 55 heavy (non-hydrogen) atoms. The molecular weight excluding hydrogens is 707 g/mol. The monoisotopic (exact) mass is 758 g/mol. The highest BCUT2D eigenvalue weighted by molar-refractivity contribution is 5.67. The zero-order valence-electron chi connectivity index (χ0n) is 32.8. The normalized spacial score (nSPS) is 12.5. The molecule has 0 bridgehead atoms. The average molecular weight is 759 g/mol. The molecule has 0 saturated carbocycles. The molecule has 5 rings (SSSR count). The Bertz CT molecular complexity index is 1970. The van der Waals surface area contributed by atoms with Crippen LogP contribution in [0.15, 0.2) is 72.9 Å². The van der Waals surface area contributed by atoms with Gasteiger partial charge < -0.3 is 38.6 Å². The van der Waals surface area contributed by atoms with E-state index in [1.165, 1.54) is 27.7 Å². The van der Waals surface area contributed by atoms with E-state index >= 15 is 4.39 Å². The van der Waals surface area contributed by atoms with Crippen molar-refractivity contribution in [3.63, 3.8) is 0 Å². The lowest BCUT2D eigenvalue weighted by Gasteiger charge is -2.25. The Kier molecular flexibility index (Phi) is 13.4. The van der Waals surface area contributed by atoms with Crippen LogP contribution in [0.2, 0.25) is 0 Å². The molecule has 14 heteroatoms. The van der Waals surface area contributed by atoms with Crippen molar-refractivity contribution in [1.82, 2.24) is 24.5 Å². The topological polar surface area (TPSA) is 133 Å². The summed E-state index contributed by atoms with van der Waals surface area (Å²) in [4.78, 5) is 25.3. The van der Waals surface area contributed by atoms with Crippen molar-refractivity contribution in [2.45, 2.75) is 78.4 Å². The van der Waals surface area contributed by atoms with E-state index in [4.69, 9.17) is 33.7 Å². The van der Waals surface area contributed by atoms with Gasteiger partial charge in [-0.3, -0.25) is 0 Å². The summed E-state index contributed by atoms with van der Waals surface area (Å²) in [7, 11) is 4.83. The first-order valence-electron chi connectivity index (χ1n) is 18.3. The fourth-order valence-electron chi connectivity index (χ4n) is 5.77. The van der Waals surface area contributed by atoms with Gasteiger partial charge in [0.15, 0.2) is 23.0 Å². The first kappa shape index (κ1) is 40.6. The van der Waals surface area contributed by atoms with Crippen LogP contribution in [0.3, 0.4) is 0 Å². The van der Waals surface area contributed by atoms with E-state index < -0.39 is 23.6 Å². The summed E-state index contributed by atoms with van der Waals surface area (Å²) in [6, 6.07) is 19.9. The molecule has 1 N–H and O–H groups in total. The van der Waals surface area contributed by atoms with Gasteiger partial charge in [-0.1, -0.05) is 43.7 Å². The molecule has 0 fully saturated rings. The number of aliphatic hydroxyl groups is 1. The number of benzene rings is 3. The van der Waals surface area contributed by atoms with E-state index in [1.54, 1.807) is 48.1 Å². The number of amides is 1. The minimum Gasteiger partial charge on any atom is -0.497 e. The zero-order chi connectivity index (χ0) is 39.7. The first-order valence-corrected chi connectivity index (χ1v) is 18.3. The van der Waals surface area contributed by atoms with Crippen LogP contribution >= 0.6 is 0 Å². The van der Waals surface area contributed by atoms with Crippen LogP contribution in [-0.4, -0.2) is 81.8 Å². The molecule has 0 radical (unpaired) electrons. The quantitative estimate of drug-likeness (QED) is 0.102. The van der Waals surface area contributed by atoms with Gasteiger partial charge in [0.2, 0.25) is 0 Å². The van der Waals surface area contributed by atoms with Crippen LogP contribution in [0.1, 0.15) is 75.9 Å². The lowest BCUT2D eigenvalue weighted by molar-refractivity contribution is 0.0277. The predicted molar refractivity (Wildman–Crippen MR) is 206 cm³/mol. The number of likely N-dealkylation sites (N-methyl/N-ethyl adjacent to an activating group) is 1. The van der Waals surface area contributed by atoms with Crippen LogP contribution in [0.25, 0.3) is 5.65 Å². The summed E-state index contributed by atoms with van der Waals surface area (Å²) in [5.74, 6) is 1.26. The zero-order valence-corrected chi connectivity index (χ0v) is 32.8. The lowest BCUT2D eigenvalue weighted by Crippen LogP contribution is -2.36. The summed E-state index contributed by atoms with van der Waals surface area (Å²) in [5.41, 5.74) is 2.27. The van der Waals surface area contributed by atoms with E-state index in [9.17, 15) is 9.90 Å². The number of ether oxygens (including phenoxy) is 5. The van der Waals surface area contributed by atoms with E-state index in [0.717, 1.165) is 35.5 Å². The maximum Gasteiger partial charge on any atom is 0.410 e. The maximum atomic E-state index is 15.4. The standard InChI is InChI=1S/C41H51FN6O7/c1-9-10-27(2)54-39-44-38(47(25-28-11-16-31(51-7)17-12-28)26-29-13-18-32(52-8)19-14-29)37-43-24-34(48(37)45-39)36(49)30-15-20-35(33(42)23-30)53-22-21-46(6)40(50)55-41(3,4)5/h11-20,23-24,27,36,49H,9-10,21-22,25-26H2,1-8H3/t27-,36?/m0/s1. The molecule has 0 saturated heterocycles. The number of aliphatic hydroxyl groups excluding tert-OH is 1. The number of halogens is 1. The molecular formula is C41H51FN6O7. The lowest BCUT2D eigenvalue weighted by atomic mass is 10.1. The van der Waals surface area contributed by atoms with Gasteiger partial charge in [-0.2, -0.15) is 4.98 Å². The van der Waals surface area contributed by atoms with E-state index in [0.29, 0.717) is 24.6 Å². The summed E-state index contributed by atoms with van der Waals surface area (Å²) < 4.78 is 44.9. The summed E-state index contributed by atoms with van der Waals surface area (Å²) >= 11 is 0. The van der Waals surface area contributed by atoms with Crippen molar-refractivity contribution in [2.75, 3.05) is 39.3 Å². The van der Waals surface area contributed by atoms with Gasteiger partial charge in [0.05, 0.1) is 38.8 Å². The van der Waals surface area contributed by atoms with E-state index in [-0.39, 0.29) is 42.3 Å². The highest BCUT2D eigenvalue weighted by Gasteiger charge is 2.25. The number of carbonyl (C=O) groups is 1. The van der Waals surface area contributed by atoms with Crippen molar-refractivity contribution >= 4 is 17.6 Å².